The Morgan fingerprint density at radius 2 is 1.84 bits per heavy atom. The van der Waals surface area contributed by atoms with E-state index in [-0.39, 0.29) is 17.9 Å². The first-order valence-electron chi connectivity index (χ1n) is 11.5. The Hall–Kier alpha value is -2.89. The number of nitrogens with one attached hydrogen (secondary N) is 1. The van der Waals surface area contributed by atoms with Crippen molar-refractivity contribution in [3.05, 3.63) is 33.0 Å². The Labute approximate surface area is 234 Å². The molecule has 1 N–H and O–H groups in total. The molecule has 1 fully saturated rings. The number of amides is 1. The van der Waals surface area contributed by atoms with E-state index in [0.29, 0.717) is 5.56 Å². The average molecular weight is 594 g/mol. The molecular weight excluding hydrogens is 567 g/mol. The third-order valence-electron chi connectivity index (χ3n) is 5.47. The fourth-order valence-electron chi connectivity index (χ4n) is 3.36. The molecule has 1 amide bonds. The van der Waals surface area contributed by atoms with Crippen LogP contribution in [0.3, 0.4) is 0 Å². The number of carbonyl (C=O) groups excluding carboxylic acids is 5. The Morgan fingerprint density at radius 1 is 1.18 bits per heavy atom. The third kappa shape index (κ3) is 7.81. The van der Waals surface area contributed by atoms with E-state index in [9.17, 15) is 24.0 Å². The van der Waals surface area contributed by atoms with Gasteiger partial charge in [-0.25, -0.2) is 14.6 Å². The van der Waals surface area contributed by atoms with Gasteiger partial charge in [-0.1, -0.05) is 55.6 Å². The van der Waals surface area contributed by atoms with Gasteiger partial charge in [0.1, 0.15) is 17.2 Å². The maximum atomic E-state index is 13.1. The van der Waals surface area contributed by atoms with E-state index in [0.717, 1.165) is 0 Å². The predicted octanol–water partition coefficient (Wildman–Crippen LogP) is 3.36. The van der Waals surface area contributed by atoms with E-state index < -0.39 is 76.0 Å². The van der Waals surface area contributed by atoms with Crippen molar-refractivity contribution in [2.45, 2.75) is 59.3 Å². The van der Waals surface area contributed by atoms with Crippen LogP contribution in [0.5, 0.6) is 5.75 Å². The number of esters is 4. The normalized spacial score (nSPS) is 21.7. The number of hydrogen-bond donors (Lipinski definition) is 1. The van der Waals surface area contributed by atoms with Gasteiger partial charge in [0.2, 0.25) is 0 Å². The molecule has 14 heteroatoms. The fraction of sp³-hybridized carbons (Fsp3) is 0.500. The summed E-state index contributed by atoms with van der Waals surface area (Å²) in [6, 6.07) is -0.00174. The summed E-state index contributed by atoms with van der Waals surface area (Å²) in [5.74, 6) is -6.02. The van der Waals surface area contributed by atoms with E-state index in [1.54, 1.807) is 20.8 Å². The number of halogens is 3. The summed E-state index contributed by atoms with van der Waals surface area (Å²) >= 11 is 16.7. The zero-order chi connectivity index (χ0) is 28.7. The van der Waals surface area contributed by atoms with Gasteiger partial charge in [0.05, 0.1) is 11.8 Å². The Morgan fingerprint density at radius 3 is 2.42 bits per heavy atom. The third-order valence-corrected chi connectivity index (χ3v) is 6.38. The molecule has 1 saturated heterocycles. The predicted molar refractivity (Wildman–Crippen MR) is 135 cm³/mol. The molecule has 0 unspecified atom stereocenters. The Balaban J connectivity index is 2.31. The average Bonchev–Trinajstić information content (AvgIpc) is 2.89. The van der Waals surface area contributed by atoms with Crippen molar-refractivity contribution in [1.82, 2.24) is 10.3 Å². The van der Waals surface area contributed by atoms with Crippen molar-refractivity contribution in [2.24, 2.45) is 11.8 Å². The number of carbonyl (C=O) groups is 5. The largest absolute Gasteiger partial charge is 0.463 e. The van der Waals surface area contributed by atoms with Crippen molar-refractivity contribution in [3.8, 4) is 5.75 Å². The van der Waals surface area contributed by atoms with Crippen molar-refractivity contribution < 1.29 is 42.9 Å². The molecule has 208 valence electrons. The zero-order valence-corrected chi connectivity index (χ0v) is 23.5. The second-order valence-corrected chi connectivity index (χ2v) is 9.97. The van der Waals surface area contributed by atoms with E-state index in [1.807, 2.05) is 0 Å². The maximum Gasteiger partial charge on any atom is 0.357 e. The molecule has 0 saturated carbocycles. The monoisotopic (exact) mass is 592 g/mol. The van der Waals surface area contributed by atoms with Gasteiger partial charge in [0, 0.05) is 6.20 Å². The second kappa shape index (κ2) is 13.8. The first-order valence-corrected chi connectivity index (χ1v) is 12.7. The highest BCUT2D eigenvalue weighted by atomic mass is 35.5. The second-order valence-electron chi connectivity index (χ2n) is 8.64. The number of aromatic nitrogens is 1. The molecule has 2 rings (SSSR count). The van der Waals surface area contributed by atoms with Crippen molar-refractivity contribution in [2.75, 3.05) is 6.61 Å². The van der Waals surface area contributed by atoms with Crippen LogP contribution in [-0.2, 0) is 33.4 Å². The molecule has 1 aromatic rings. The number of nitrogens with zero attached hydrogens (tertiary/aromatic N) is 1. The summed E-state index contributed by atoms with van der Waals surface area (Å²) in [6.45, 7) is 7.36. The van der Waals surface area contributed by atoms with Crippen LogP contribution in [0.15, 0.2) is 21.8 Å². The number of aryl methyl sites for hydroxylation is 1. The standard InChI is InChI=1S/C24H27Cl3N2O9/c1-6-13-18(38-21(31)10(2)3)12(5)36-23(33)14(9-35-22(13)32)29-20(30)16-17(11(4)7-8-28-16)37-24(34)15(25)19(26)27/h7-8,10,12-14,18H,6,9H2,1-5H3,(H,29,30)/t12-,13+,14-,18-/m0/s1. The molecule has 11 nitrogen and oxygen atoms in total. The molecule has 0 aliphatic carbocycles. The first-order chi connectivity index (χ1) is 17.8. The van der Waals surface area contributed by atoms with E-state index in [1.165, 1.54) is 26.1 Å². The zero-order valence-electron chi connectivity index (χ0n) is 21.2. The van der Waals surface area contributed by atoms with Gasteiger partial charge >= 0.3 is 23.9 Å². The lowest BCUT2D eigenvalue weighted by Crippen LogP contribution is -2.47. The van der Waals surface area contributed by atoms with Gasteiger partial charge in [-0.2, -0.15) is 0 Å². The molecule has 0 radical (unpaired) electrons. The number of ether oxygens (including phenoxy) is 4. The topological polar surface area (TPSA) is 147 Å². The highest BCUT2D eigenvalue weighted by molar-refractivity contribution is 6.62. The number of cyclic esters (lactones) is 2. The van der Waals surface area contributed by atoms with Crippen molar-refractivity contribution in [1.29, 1.82) is 0 Å². The lowest BCUT2D eigenvalue weighted by Gasteiger charge is -2.29. The van der Waals surface area contributed by atoms with Gasteiger partial charge in [-0.05, 0) is 31.9 Å². The van der Waals surface area contributed by atoms with Crippen molar-refractivity contribution >= 4 is 64.6 Å². The minimum absolute atomic E-state index is 0.235. The molecular formula is C24H27Cl3N2O9. The van der Waals surface area contributed by atoms with Crippen LogP contribution in [-0.4, -0.2) is 59.6 Å². The minimum Gasteiger partial charge on any atom is -0.463 e. The van der Waals surface area contributed by atoms with Gasteiger partial charge < -0.3 is 24.3 Å². The van der Waals surface area contributed by atoms with Gasteiger partial charge in [-0.3, -0.25) is 14.4 Å². The maximum absolute atomic E-state index is 13.1. The summed E-state index contributed by atoms with van der Waals surface area (Å²) in [5, 5.41) is 1.75. The number of hydrogen-bond acceptors (Lipinski definition) is 10. The minimum atomic E-state index is -1.46. The molecule has 38 heavy (non-hydrogen) atoms. The van der Waals surface area contributed by atoms with E-state index in [2.05, 4.69) is 10.3 Å². The van der Waals surface area contributed by atoms with Crippen molar-refractivity contribution in [3.63, 3.8) is 0 Å². The molecule has 0 aromatic carbocycles. The smallest absolute Gasteiger partial charge is 0.357 e. The van der Waals surface area contributed by atoms with Crippen LogP contribution in [0.2, 0.25) is 0 Å². The highest BCUT2D eigenvalue weighted by Crippen LogP contribution is 2.26. The molecule has 1 aromatic heterocycles. The van der Waals surface area contributed by atoms with E-state index in [4.69, 9.17) is 53.8 Å². The first kappa shape index (κ1) is 31.3. The fourth-order valence-corrected chi connectivity index (χ4v) is 3.55. The van der Waals surface area contributed by atoms with Gasteiger partial charge in [-0.15, -0.1) is 0 Å². The number of rotatable bonds is 7. The quantitative estimate of drug-likeness (QED) is 0.283. The molecule has 0 spiro atoms. The van der Waals surface area contributed by atoms with Crippen LogP contribution >= 0.6 is 34.8 Å². The Kier molecular flexibility index (Phi) is 11.4. The van der Waals surface area contributed by atoms with Crippen LogP contribution in [0.4, 0.5) is 0 Å². The summed E-state index contributed by atoms with van der Waals surface area (Å²) in [7, 11) is 0. The molecule has 1 aliphatic heterocycles. The summed E-state index contributed by atoms with van der Waals surface area (Å²) in [6.07, 6.45) is -0.629. The van der Waals surface area contributed by atoms with Gasteiger partial charge in [0.25, 0.3) is 5.91 Å². The van der Waals surface area contributed by atoms with Crippen LogP contribution in [0.1, 0.15) is 50.2 Å². The van der Waals surface area contributed by atoms with Crippen LogP contribution in [0, 0.1) is 18.8 Å². The van der Waals surface area contributed by atoms with Crippen LogP contribution in [0.25, 0.3) is 0 Å². The molecule has 4 atom stereocenters. The van der Waals surface area contributed by atoms with Gasteiger partial charge in [0.15, 0.2) is 28.6 Å². The molecule has 2 heterocycles. The summed E-state index contributed by atoms with van der Waals surface area (Å²) in [5.41, 5.74) is -0.0536. The Bertz CT molecular complexity index is 1140. The lowest BCUT2D eigenvalue weighted by molar-refractivity contribution is -0.176. The highest BCUT2D eigenvalue weighted by Gasteiger charge is 2.41. The molecule has 0 bridgehead atoms. The number of pyridine rings is 1. The molecule has 1 aliphatic rings. The summed E-state index contributed by atoms with van der Waals surface area (Å²) in [4.78, 5) is 67.2. The van der Waals surface area contributed by atoms with E-state index >= 15 is 0 Å². The summed E-state index contributed by atoms with van der Waals surface area (Å²) < 4.78 is 20.8. The SMILES string of the molecule is CC[C@H]1C(=O)OC[C@H](NC(=O)c2nccc(C)c2OC(=O)C(Cl)=C(Cl)Cl)C(=O)O[C@@H](C)[C@@H]1OC(=O)C(C)C. The van der Waals surface area contributed by atoms with Crippen LogP contribution < -0.4 is 10.1 Å². The lowest BCUT2D eigenvalue weighted by atomic mass is 9.95.